The molecule has 6 heteroatoms. The van der Waals surface area contributed by atoms with E-state index in [0.29, 0.717) is 23.8 Å². The molecule has 1 N–H and O–H groups in total. The number of amides is 2. The van der Waals surface area contributed by atoms with Crippen molar-refractivity contribution in [3.8, 4) is 0 Å². The van der Waals surface area contributed by atoms with E-state index >= 15 is 0 Å². The third-order valence-electron chi connectivity index (χ3n) is 5.02. The summed E-state index contributed by atoms with van der Waals surface area (Å²) in [5.41, 5.74) is 1.48. The number of benzene rings is 1. The summed E-state index contributed by atoms with van der Waals surface area (Å²) < 4.78 is 0. The van der Waals surface area contributed by atoms with E-state index in [0.717, 1.165) is 36.8 Å². The standard InChI is InChI=1S/C19H24ClN3O2/c1-3-22(4-2)18(24)13-7-9-23(10-8-13)19(25)17-12-14-11-15(20)5-6-16(14)21-17/h5-6,11-13,21H,3-4,7-10H2,1-2H3. The van der Waals surface area contributed by atoms with Crippen LogP contribution in [0.3, 0.4) is 0 Å². The van der Waals surface area contributed by atoms with Gasteiger partial charge >= 0.3 is 0 Å². The molecule has 134 valence electrons. The zero-order chi connectivity index (χ0) is 18.0. The maximum Gasteiger partial charge on any atom is 0.270 e. The SMILES string of the molecule is CCN(CC)C(=O)C1CCN(C(=O)c2cc3cc(Cl)ccc3[nH]2)CC1. The van der Waals surface area contributed by atoms with Crippen LogP contribution < -0.4 is 0 Å². The number of piperidine rings is 1. The Morgan fingerprint density at radius 3 is 2.52 bits per heavy atom. The van der Waals surface area contributed by atoms with Gasteiger partial charge < -0.3 is 14.8 Å². The number of nitrogens with zero attached hydrogens (tertiary/aromatic N) is 2. The molecule has 0 bridgehead atoms. The van der Waals surface area contributed by atoms with E-state index in [2.05, 4.69) is 4.98 Å². The van der Waals surface area contributed by atoms with Crippen molar-refractivity contribution >= 4 is 34.3 Å². The molecule has 0 aliphatic carbocycles. The number of hydrogen-bond acceptors (Lipinski definition) is 2. The molecule has 1 fully saturated rings. The van der Waals surface area contributed by atoms with E-state index in [9.17, 15) is 9.59 Å². The van der Waals surface area contributed by atoms with Gasteiger partial charge in [-0.05, 0) is 51.0 Å². The van der Waals surface area contributed by atoms with Crippen LogP contribution in [-0.2, 0) is 4.79 Å². The van der Waals surface area contributed by atoms with Crippen LogP contribution in [0.1, 0.15) is 37.2 Å². The normalized spacial score (nSPS) is 15.6. The molecule has 1 aliphatic rings. The van der Waals surface area contributed by atoms with Crippen LogP contribution in [-0.4, -0.2) is 52.8 Å². The van der Waals surface area contributed by atoms with Crippen LogP contribution in [0.15, 0.2) is 24.3 Å². The average molecular weight is 362 g/mol. The Morgan fingerprint density at radius 2 is 1.88 bits per heavy atom. The van der Waals surface area contributed by atoms with Gasteiger partial charge in [0, 0.05) is 48.0 Å². The highest BCUT2D eigenvalue weighted by Gasteiger charge is 2.30. The fourth-order valence-corrected chi connectivity index (χ4v) is 3.69. The van der Waals surface area contributed by atoms with Crippen LogP contribution in [0, 0.1) is 5.92 Å². The summed E-state index contributed by atoms with van der Waals surface area (Å²) in [5.74, 6) is 0.240. The van der Waals surface area contributed by atoms with E-state index in [1.54, 1.807) is 6.07 Å². The quantitative estimate of drug-likeness (QED) is 0.905. The lowest BCUT2D eigenvalue weighted by atomic mass is 9.95. The first kappa shape index (κ1) is 17.8. The number of likely N-dealkylation sites (tertiary alicyclic amines) is 1. The van der Waals surface area contributed by atoms with Crippen molar-refractivity contribution in [1.82, 2.24) is 14.8 Å². The van der Waals surface area contributed by atoms with Crippen molar-refractivity contribution in [2.45, 2.75) is 26.7 Å². The first-order valence-electron chi connectivity index (χ1n) is 8.89. The van der Waals surface area contributed by atoms with E-state index < -0.39 is 0 Å². The second-order valence-electron chi connectivity index (χ2n) is 6.49. The minimum absolute atomic E-state index is 0.0129. The Bertz CT molecular complexity index is 774. The topological polar surface area (TPSA) is 56.4 Å². The van der Waals surface area contributed by atoms with Gasteiger partial charge in [-0.3, -0.25) is 9.59 Å². The number of aromatic amines is 1. The maximum absolute atomic E-state index is 12.7. The smallest absolute Gasteiger partial charge is 0.270 e. The van der Waals surface area contributed by atoms with E-state index in [1.165, 1.54) is 0 Å². The monoisotopic (exact) mass is 361 g/mol. The Hall–Kier alpha value is -2.01. The maximum atomic E-state index is 12.7. The van der Waals surface area contributed by atoms with E-state index in [-0.39, 0.29) is 17.7 Å². The molecular formula is C19H24ClN3O2. The van der Waals surface area contributed by atoms with Gasteiger partial charge in [-0.25, -0.2) is 0 Å². The lowest BCUT2D eigenvalue weighted by Gasteiger charge is -2.33. The fraction of sp³-hybridized carbons (Fsp3) is 0.474. The summed E-state index contributed by atoms with van der Waals surface area (Å²) in [5, 5.41) is 1.59. The van der Waals surface area contributed by atoms with Crippen LogP contribution in [0.2, 0.25) is 5.02 Å². The van der Waals surface area contributed by atoms with Crippen LogP contribution in [0.25, 0.3) is 10.9 Å². The summed E-state index contributed by atoms with van der Waals surface area (Å²) in [4.78, 5) is 32.1. The number of aromatic nitrogens is 1. The molecule has 5 nitrogen and oxygen atoms in total. The van der Waals surface area contributed by atoms with Crippen molar-refractivity contribution in [3.63, 3.8) is 0 Å². The molecule has 0 spiro atoms. The molecule has 0 atom stereocenters. The van der Waals surface area contributed by atoms with Gasteiger partial charge in [0.25, 0.3) is 5.91 Å². The fourth-order valence-electron chi connectivity index (χ4n) is 3.51. The third-order valence-corrected chi connectivity index (χ3v) is 5.25. The summed E-state index contributed by atoms with van der Waals surface area (Å²) in [6, 6.07) is 7.37. The number of fused-ring (bicyclic) bond motifs is 1. The number of rotatable bonds is 4. The molecule has 0 radical (unpaired) electrons. The van der Waals surface area contributed by atoms with Gasteiger partial charge in [-0.15, -0.1) is 0 Å². The molecule has 2 aromatic rings. The Kier molecular flexibility index (Phi) is 5.33. The van der Waals surface area contributed by atoms with Crippen LogP contribution >= 0.6 is 11.6 Å². The first-order chi connectivity index (χ1) is 12.0. The predicted octanol–water partition coefficient (Wildman–Crippen LogP) is 3.54. The molecule has 2 amide bonds. The van der Waals surface area contributed by atoms with Crippen molar-refractivity contribution < 1.29 is 9.59 Å². The number of halogens is 1. The van der Waals surface area contributed by atoms with Crippen LogP contribution in [0.4, 0.5) is 0 Å². The number of carbonyl (C=O) groups is 2. The lowest BCUT2D eigenvalue weighted by molar-refractivity contribution is -0.136. The summed E-state index contributed by atoms with van der Waals surface area (Å²) in [6.45, 7) is 6.72. The van der Waals surface area contributed by atoms with E-state index in [1.807, 2.05) is 41.8 Å². The number of H-pyrrole nitrogens is 1. The van der Waals surface area contributed by atoms with Crippen molar-refractivity contribution in [2.24, 2.45) is 5.92 Å². The summed E-state index contributed by atoms with van der Waals surface area (Å²) in [6.07, 6.45) is 1.46. The summed E-state index contributed by atoms with van der Waals surface area (Å²) >= 11 is 6.01. The van der Waals surface area contributed by atoms with Gasteiger partial charge in [-0.2, -0.15) is 0 Å². The van der Waals surface area contributed by atoms with Gasteiger partial charge in [0.15, 0.2) is 0 Å². The second-order valence-corrected chi connectivity index (χ2v) is 6.93. The molecule has 1 aromatic heterocycles. The average Bonchev–Trinajstić information content (AvgIpc) is 3.05. The number of nitrogens with one attached hydrogen (secondary N) is 1. The van der Waals surface area contributed by atoms with E-state index in [4.69, 9.17) is 11.6 Å². The summed E-state index contributed by atoms with van der Waals surface area (Å²) in [7, 11) is 0. The second kappa shape index (κ2) is 7.48. The van der Waals surface area contributed by atoms with Crippen molar-refractivity contribution in [2.75, 3.05) is 26.2 Å². The molecule has 1 saturated heterocycles. The Labute approximate surface area is 152 Å². The van der Waals surface area contributed by atoms with Crippen molar-refractivity contribution in [3.05, 3.63) is 35.0 Å². The first-order valence-corrected chi connectivity index (χ1v) is 9.27. The number of carbonyl (C=O) groups excluding carboxylic acids is 2. The highest BCUT2D eigenvalue weighted by Crippen LogP contribution is 2.24. The number of hydrogen-bond donors (Lipinski definition) is 1. The molecular weight excluding hydrogens is 338 g/mol. The zero-order valence-corrected chi connectivity index (χ0v) is 15.5. The molecule has 2 heterocycles. The zero-order valence-electron chi connectivity index (χ0n) is 14.7. The minimum atomic E-state index is -0.0129. The Morgan fingerprint density at radius 1 is 1.20 bits per heavy atom. The molecule has 1 aliphatic heterocycles. The molecule has 0 saturated carbocycles. The largest absolute Gasteiger partial charge is 0.351 e. The minimum Gasteiger partial charge on any atom is -0.351 e. The highest BCUT2D eigenvalue weighted by atomic mass is 35.5. The molecule has 0 unspecified atom stereocenters. The molecule has 25 heavy (non-hydrogen) atoms. The van der Waals surface area contributed by atoms with Gasteiger partial charge in [0.05, 0.1) is 0 Å². The van der Waals surface area contributed by atoms with Crippen molar-refractivity contribution in [1.29, 1.82) is 0 Å². The third kappa shape index (κ3) is 3.66. The predicted molar refractivity (Wildman–Crippen MR) is 99.9 cm³/mol. The van der Waals surface area contributed by atoms with Gasteiger partial charge in [0.1, 0.15) is 5.69 Å². The Balaban J connectivity index is 1.65. The highest BCUT2D eigenvalue weighted by molar-refractivity contribution is 6.31. The molecule has 1 aromatic carbocycles. The molecule has 3 rings (SSSR count). The lowest BCUT2D eigenvalue weighted by Crippen LogP contribution is -2.44. The van der Waals surface area contributed by atoms with Crippen LogP contribution in [0.5, 0.6) is 0 Å². The van der Waals surface area contributed by atoms with Gasteiger partial charge in [-0.1, -0.05) is 11.6 Å². The van der Waals surface area contributed by atoms with Gasteiger partial charge in [0.2, 0.25) is 5.91 Å².